The topological polar surface area (TPSA) is 59.6 Å². The van der Waals surface area contributed by atoms with Gasteiger partial charge >= 0.3 is 0 Å². The lowest BCUT2D eigenvalue weighted by atomic mass is 9.84. The maximum absolute atomic E-state index is 14.8. The van der Waals surface area contributed by atoms with Crippen LogP contribution in [0, 0.1) is 11.6 Å². The highest BCUT2D eigenvalue weighted by Crippen LogP contribution is 2.32. The van der Waals surface area contributed by atoms with Crippen LogP contribution in [0.4, 0.5) is 23.2 Å². The van der Waals surface area contributed by atoms with Crippen molar-refractivity contribution in [2.24, 2.45) is 0 Å². The number of anilines is 1. The van der Waals surface area contributed by atoms with Crippen molar-refractivity contribution in [3.05, 3.63) is 58.7 Å². The van der Waals surface area contributed by atoms with Gasteiger partial charge in [-0.15, -0.1) is 0 Å². The molecule has 0 aliphatic carbocycles. The highest BCUT2D eigenvalue weighted by atomic mass is 19.3. The number of rotatable bonds is 9. The molecule has 1 amide bonds. The van der Waals surface area contributed by atoms with Crippen molar-refractivity contribution < 1.29 is 31.8 Å². The van der Waals surface area contributed by atoms with Gasteiger partial charge in [0.25, 0.3) is 6.43 Å². The summed E-state index contributed by atoms with van der Waals surface area (Å²) in [5, 5.41) is 5.69. The summed E-state index contributed by atoms with van der Waals surface area (Å²) in [5.74, 6) is -1.52. The van der Waals surface area contributed by atoms with E-state index in [9.17, 15) is 22.4 Å². The SMILES string of the molecule is CCOc1ccc2c(c1)CCN[C@H]2C(=O)Nc1cc(F)c(C(C)(C)COCC(F)F)c(F)c1. The lowest BCUT2D eigenvalue weighted by Crippen LogP contribution is -2.38. The molecule has 0 bridgehead atoms. The molecule has 1 atom stereocenters. The Balaban J connectivity index is 1.76. The zero-order chi connectivity index (χ0) is 24.2. The summed E-state index contributed by atoms with van der Waals surface area (Å²) in [6.45, 7) is 4.87. The standard InChI is InChI=1S/C24H28F4N2O3/c1-4-33-16-5-6-17-14(9-16)7-8-29-22(17)23(31)30-15-10-18(25)21(19(26)11-15)24(2,3)13-32-12-20(27)28/h5-6,9-11,20,22,29H,4,7-8,12-13H2,1-3H3,(H,30,31)/t22-/m1/s1. The second-order valence-corrected chi connectivity index (χ2v) is 8.53. The first-order valence-corrected chi connectivity index (χ1v) is 10.8. The monoisotopic (exact) mass is 468 g/mol. The molecular formula is C24H28F4N2O3. The first-order valence-electron chi connectivity index (χ1n) is 10.8. The van der Waals surface area contributed by atoms with E-state index >= 15 is 0 Å². The summed E-state index contributed by atoms with van der Waals surface area (Å²) in [6.07, 6.45) is -1.95. The molecule has 9 heteroatoms. The molecule has 0 unspecified atom stereocenters. The average Bonchev–Trinajstić information content (AvgIpc) is 2.72. The van der Waals surface area contributed by atoms with Crippen LogP contribution in [-0.2, 0) is 21.4 Å². The van der Waals surface area contributed by atoms with Crippen molar-refractivity contribution in [3.63, 3.8) is 0 Å². The van der Waals surface area contributed by atoms with E-state index in [0.717, 1.165) is 35.4 Å². The molecule has 0 saturated heterocycles. The van der Waals surface area contributed by atoms with E-state index in [0.29, 0.717) is 13.2 Å². The van der Waals surface area contributed by atoms with Gasteiger partial charge < -0.3 is 20.1 Å². The van der Waals surface area contributed by atoms with Gasteiger partial charge in [0.15, 0.2) is 0 Å². The van der Waals surface area contributed by atoms with Crippen LogP contribution in [0.2, 0.25) is 0 Å². The van der Waals surface area contributed by atoms with Crippen LogP contribution in [0.15, 0.2) is 30.3 Å². The van der Waals surface area contributed by atoms with Crippen LogP contribution in [0.25, 0.3) is 0 Å². The number of hydrogen-bond donors (Lipinski definition) is 2. The Bertz CT molecular complexity index is 975. The third-order valence-corrected chi connectivity index (χ3v) is 5.43. The van der Waals surface area contributed by atoms with Gasteiger partial charge in [-0.05, 0) is 48.7 Å². The van der Waals surface area contributed by atoms with E-state index in [2.05, 4.69) is 10.6 Å². The van der Waals surface area contributed by atoms with E-state index in [-0.39, 0.29) is 17.9 Å². The Kier molecular flexibility index (Phi) is 7.97. The molecule has 0 radical (unpaired) electrons. The number of halogens is 4. The van der Waals surface area contributed by atoms with Crippen LogP contribution >= 0.6 is 0 Å². The number of carbonyl (C=O) groups is 1. The summed E-state index contributed by atoms with van der Waals surface area (Å²) in [4.78, 5) is 12.9. The lowest BCUT2D eigenvalue weighted by molar-refractivity contribution is -0.118. The molecule has 1 heterocycles. The Hall–Kier alpha value is -2.65. The molecule has 2 aromatic carbocycles. The van der Waals surface area contributed by atoms with Gasteiger partial charge in [-0.3, -0.25) is 4.79 Å². The van der Waals surface area contributed by atoms with Crippen LogP contribution < -0.4 is 15.4 Å². The highest BCUT2D eigenvalue weighted by Gasteiger charge is 2.31. The Morgan fingerprint density at radius 2 is 1.91 bits per heavy atom. The Morgan fingerprint density at radius 1 is 1.21 bits per heavy atom. The molecule has 0 saturated carbocycles. The molecule has 3 rings (SSSR count). The van der Waals surface area contributed by atoms with Gasteiger partial charge in [-0.25, -0.2) is 17.6 Å². The van der Waals surface area contributed by atoms with Gasteiger partial charge in [-0.1, -0.05) is 19.9 Å². The Morgan fingerprint density at radius 3 is 2.55 bits per heavy atom. The van der Waals surface area contributed by atoms with E-state index < -0.39 is 42.0 Å². The molecule has 1 aliphatic heterocycles. The van der Waals surface area contributed by atoms with Gasteiger partial charge in [0, 0.05) is 23.2 Å². The third kappa shape index (κ3) is 6.03. The normalized spacial score (nSPS) is 15.9. The van der Waals surface area contributed by atoms with Crippen molar-refractivity contribution in [3.8, 4) is 5.75 Å². The number of fused-ring (bicyclic) bond motifs is 1. The molecule has 180 valence electrons. The molecule has 1 aliphatic rings. The first kappa shape index (κ1) is 25.0. The molecule has 2 N–H and O–H groups in total. The predicted molar refractivity (Wildman–Crippen MR) is 117 cm³/mol. The number of benzene rings is 2. The fourth-order valence-corrected chi connectivity index (χ4v) is 4.01. The van der Waals surface area contributed by atoms with Gasteiger partial charge in [0.05, 0.1) is 13.2 Å². The van der Waals surface area contributed by atoms with Gasteiger partial charge in [0.1, 0.15) is 30.0 Å². The quantitative estimate of drug-likeness (QED) is 0.522. The number of alkyl halides is 2. The number of hydrogen-bond acceptors (Lipinski definition) is 4. The van der Waals surface area contributed by atoms with Crippen molar-refractivity contribution in [2.75, 3.05) is 31.7 Å². The summed E-state index contributed by atoms with van der Waals surface area (Å²) in [5.41, 5.74) is 0.228. The van der Waals surface area contributed by atoms with Crippen molar-refractivity contribution in [1.82, 2.24) is 5.32 Å². The second kappa shape index (κ2) is 10.5. The zero-order valence-electron chi connectivity index (χ0n) is 18.8. The number of nitrogens with one attached hydrogen (secondary N) is 2. The fraction of sp³-hybridized carbons (Fsp3) is 0.458. The van der Waals surface area contributed by atoms with Crippen molar-refractivity contribution in [1.29, 1.82) is 0 Å². The van der Waals surface area contributed by atoms with Crippen molar-refractivity contribution in [2.45, 2.75) is 45.1 Å². The minimum atomic E-state index is -2.67. The third-order valence-electron chi connectivity index (χ3n) is 5.43. The average molecular weight is 468 g/mol. The zero-order valence-corrected chi connectivity index (χ0v) is 18.8. The predicted octanol–water partition coefficient (Wildman–Crippen LogP) is 4.75. The second-order valence-electron chi connectivity index (χ2n) is 8.53. The van der Waals surface area contributed by atoms with E-state index in [1.165, 1.54) is 13.8 Å². The molecule has 0 spiro atoms. The van der Waals surface area contributed by atoms with Crippen LogP contribution in [0.5, 0.6) is 5.75 Å². The lowest BCUT2D eigenvalue weighted by Gasteiger charge is -2.28. The van der Waals surface area contributed by atoms with E-state index in [1.54, 1.807) is 6.07 Å². The van der Waals surface area contributed by atoms with Crippen molar-refractivity contribution >= 4 is 11.6 Å². The molecular weight excluding hydrogens is 440 g/mol. The largest absolute Gasteiger partial charge is 0.494 e. The Labute approximate surface area is 190 Å². The minimum Gasteiger partial charge on any atom is -0.494 e. The van der Waals surface area contributed by atoms with Crippen LogP contribution in [0.1, 0.15) is 43.5 Å². The van der Waals surface area contributed by atoms with Crippen LogP contribution in [0.3, 0.4) is 0 Å². The fourth-order valence-electron chi connectivity index (χ4n) is 4.01. The van der Waals surface area contributed by atoms with E-state index in [1.807, 2.05) is 19.1 Å². The smallest absolute Gasteiger partial charge is 0.261 e. The minimum absolute atomic E-state index is 0.0390. The summed E-state index contributed by atoms with van der Waals surface area (Å²) in [6, 6.07) is 6.84. The maximum Gasteiger partial charge on any atom is 0.261 e. The summed E-state index contributed by atoms with van der Waals surface area (Å²) >= 11 is 0. The summed E-state index contributed by atoms with van der Waals surface area (Å²) < 4.78 is 64.7. The molecule has 0 aromatic heterocycles. The van der Waals surface area contributed by atoms with E-state index in [4.69, 9.17) is 9.47 Å². The number of carbonyl (C=O) groups excluding carboxylic acids is 1. The van der Waals surface area contributed by atoms with Crippen LogP contribution in [-0.4, -0.2) is 38.7 Å². The molecule has 2 aromatic rings. The van der Waals surface area contributed by atoms with Gasteiger partial charge in [0.2, 0.25) is 5.91 Å². The highest BCUT2D eigenvalue weighted by molar-refractivity contribution is 5.96. The summed E-state index contributed by atoms with van der Waals surface area (Å²) in [7, 11) is 0. The molecule has 5 nitrogen and oxygen atoms in total. The molecule has 33 heavy (non-hydrogen) atoms. The first-order chi connectivity index (χ1) is 15.6. The molecule has 0 fully saturated rings. The van der Waals surface area contributed by atoms with Gasteiger partial charge in [-0.2, -0.15) is 0 Å². The number of ether oxygens (including phenoxy) is 2. The number of amides is 1. The maximum atomic E-state index is 14.8.